The van der Waals surface area contributed by atoms with Crippen LogP contribution in [0.2, 0.25) is 0 Å². The fourth-order valence-electron chi connectivity index (χ4n) is 7.12. The van der Waals surface area contributed by atoms with Crippen molar-refractivity contribution in [2.45, 2.75) is 83.8 Å². The van der Waals surface area contributed by atoms with Gasteiger partial charge in [-0.25, -0.2) is 0 Å². The zero-order chi connectivity index (χ0) is 17.3. The Bertz CT molecular complexity index is 596. The first-order valence-electron chi connectivity index (χ1n) is 9.90. The molecule has 0 heterocycles. The van der Waals surface area contributed by atoms with Gasteiger partial charge in [0.15, 0.2) is 5.78 Å². The molecule has 0 aliphatic heterocycles. The van der Waals surface area contributed by atoms with E-state index in [0.717, 1.165) is 44.9 Å². The molecule has 3 saturated carbocycles. The summed E-state index contributed by atoms with van der Waals surface area (Å²) in [6, 6.07) is 0. The molecule has 0 unspecified atom stereocenters. The van der Waals surface area contributed by atoms with Gasteiger partial charge in [-0.2, -0.15) is 0 Å². The summed E-state index contributed by atoms with van der Waals surface area (Å²) in [6.45, 7) is 6.66. The van der Waals surface area contributed by atoms with E-state index in [2.05, 4.69) is 26.8 Å². The van der Waals surface area contributed by atoms with Crippen LogP contribution in [0.5, 0.6) is 0 Å². The molecule has 4 aliphatic carbocycles. The van der Waals surface area contributed by atoms with Crippen LogP contribution in [-0.4, -0.2) is 27.7 Å². The molecular weight excluding hydrogens is 300 g/mol. The van der Waals surface area contributed by atoms with Gasteiger partial charge in [0, 0.05) is 17.8 Å². The van der Waals surface area contributed by atoms with Crippen LogP contribution in [0, 0.1) is 28.6 Å². The summed E-state index contributed by atoms with van der Waals surface area (Å²) in [6.07, 6.45) is 9.06. The first-order chi connectivity index (χ1) is 11.3. The maximum atomic E-state index is 13.0. The molecule has 0 aromatic carbocycles. The highest BCUT2D eigenvalue weighted by Crippen LogP contribution is 2.67. The Labute approximate surface area is 145 Å². The molecular formula is C21H32O3. The second kappa shape index (κ2) is 5.17. The quantitative estimate of drug-likeness (QED) is 0.721. The third kappa shape index (κ3) is 1.83. The first-order valence-corrected chi connectivity index (χ1v) is 9.90. The van der Waals surface area contributed by atoms with Gasteiger partial charge in [0.2, 0.25) is 0 Å². The average molecular weight is 332 g/mol. The Morgan fingerprint density at radius 2 is 1.92 bits per heavy atom. The monoisotopic (exact) mass is 332 g/mol. The van der Waals surface area contributed by atoms with Crippen LogP contribution in [0.4, 0.5) is 0 Å². The molecule has 0 aromatic heterocycles. The van der Waals surface area contributed by atoms with Gasteiger partial charge in [-0.15, -0.1) is 0 Å². The van der Waals surface area contributed by atoms with Gasteiger partial charge in [0.25, 0.3) is 0 Å². The minimum Gasteiger partial charge on any atom is -0.393 e. The van der Waals surface area contributed by atoms with Crippen LogP contribution in [0.3, 0.4) is 0 Å². The molecule has 0 bridgehead atoms. The summed E-state index contributed by atoms with van der Waals surface area (Å²) in [7, 11) is 0. The van der Waals surface area contributed by atoms with E-state index in [-0.39, 0.29) is 28.6 Å². The van der Waals surface area contributed by atoms with Crippen molar-refractivity contribution < 1.29 is 15.0 Å². The summed E-state index contributed by atoms with van der Waals surface area (Å²) in [4.78, 5) is 13.0. The summed E-state index contributed by atoms with van der Waals surface area (Å²) in [5.74, 6) is 0.858. The maximum absolute atomic E-state index is 13.0. The highest BCUT2D eigenvalue weighted by Gasteiger charge is 2.69. The molecule has 0 radical (unpaired) electrons. The smallest absolute Gasteiger partial charge is 0.165 e. The van der Waals surface area contributed by atoms with E-state index in [9.17, 15) is 15.0 Å². The van der Waals surface area contributed by atoms with E-state index in [0.29, 0.717) is 18.3 Å². The lowest BCUT2D eigenvalue weighted by Gasteiger charge is -2.60. The lowest BCUT2D eigenvalue weighted by atomic mass is 9.45. The van der Waals surface area contributed by atoms with Crippen LogP contribution in [0.1, 0.15) is 72.1 Å². The van der Waals surface area contributed by atoms with Crippen molar-refractivity contribution in [3.63, 3.8) is 0 Å². The van der Waals surface area contributed by atoms with Gasteiger partial charge in [-0.3, -0.25) is 4.79 Å². The highest BCUT2D eigenvalue weighted by molar-refractivity contribution is 5.91. The Kier molecular flexibility index (Phi) is 3.61. The number of carbonyl (C=O) groups excluding carboxylic acids is 1. The summed E-state index contributed by atoms with van der Waals surface area (Å²) in [5.41, 5.74) is 0.0457. The number of Topliss-reactive ketones (excluding diaryl/α,β-unsaturated/α-hetero) is 1. The molecule has 0 saturated heterocycles. The van der Waals surface area contributed by atoms with E-state index < -0.39 is 5.60 Å². The zero-order valence-corrected chi connectivity index (χ0v) is 15.3. The number of aliphatic hydroxyl groups is 2. The van der Waals surface area contributed by atoms with Crippen LogP contribution in [0.15, 0.2) is 11.6 Å². The second-order valence-electron chi connectivity index (χ2n) is 9.45. The predicted molar refractivity (Wildman–Crippen MR) is 93.3 cm³/mol. The van der Waals surface area contributed by atoms with Crippen molar-refractivity contribution >= 4 is 5.78 Å². The normalized spacial score (nSPS) is 53.9. The number of fused-ring (bicyclic) bond motifs is 5. The van der Waals surface area contributed by atoms with Crippen molar-refractivity contribution in [1.29, 1.82) is 0 Å². The Morgan fingerprint density at radius 1 is 1.17 bits per heavy atom. The first kappa shape index (κ1) is 16.8. The molecule has 4 aliphatic rings. The van der Waals surface area contributed by atoms with Crippen molar-refractivity contribution in [3.8, 4) is 0 Å². The average Bonchev–Trinajstić information content (AvgIpc) is 2.76. The Morgan fingerprint density at radius 3 is 2.62 bits per heavy atom. The highest BCUT2D eigenvalue weighted by atomic mass is 16.3. The molecule has 3 nitrogen and oxygen atoms in total. The van der Waals surface area contributed by atoms with Crippen molar-refractivity contribution in [2.75, 3.05) is 0 Å². The second-order valence-corrected chi connectivity index (χ2v) is 9.45. The summed E-state index contributed by atoms with van der Waals surface area (Å²) in [5, 5.41) is 21.8. The Balaban J connectivity index is 1.77. The molecule has 0 aromatic rings. The molecule has 0 spiro atoms. The number of allylic oxidation sites excluding steroid dienone is 1. The number of hydrogen-bond donors (Lipinski definition) is 2. The van der Waals surface area contributed by atoms with Crippen molar-refractivity contribution in [3.05, 3.63) is 11.6 Å². The molecule has 3 heteroatoms. The number of hydrogen-bond acceptors (Lipinski definition) is 3. The summed E-state index contributed by atoms with van der Waals surface area (Å²) < 4.78 is 0. The Hall–Kier alpha value is -0.670. The summed E-state index contributed by atoms with van der Waals surface area (Å²) >= 11 is 0. The van der Waals surface area contributed by atoms with Gasteiger partial charge in [0.1, 0.15) is 5.60 Å². The van der Waals surface area contributed by atoms with Crippen LogP contribution in [0.25, 0.3) is 0 Å². The fraction of sp³-hybridized carbons (Fsp3) is 0.857. The van der Waals surface area contributed by atoms with Crippen LogP contribution in [-0.2, 0) is 4.79 Å². The largest absolute Gasteiger partial charge is 0.393 e. The van der Waals surface area contributed by atoms with Gasteiger partial charge in [0.05, 0.1) is 6.10 Å². The molecule has 4 rings (SSSR count). The van der Waals surface area contributed by atoms with E-state index in [1.807, 2.05) is 0 Å². The molecule has 0 amide bonds. The van der Waals surface area contributed by atoms with Gasteiger partial charge in [-0.05, 0) is 55.8 Å². The zero-order valence-electron chi connectivity index (χ0n) is 15.3. The molecule has 24 heavy (non-hydrogen) atoms. The SMILES string of the molecule is CC[C@@H]1CC(=O)[C@]2(O)[C@@H]3CC=C4C[C@@H](O)CC[C@]4(C)[C@H]3CC[C@]12C. The topological polar surface area (TPSA) is 57.5 Å². The molecule has 134 valence electrons. The van der Waals surface area contributed by atoms with Gasteiger partial charge in [-0.1, -0.05) is 38.8 Å². The third-order valence-corrected chi connectivity index (χ3v) is 8.74. The van der Waals surface area contributed by atoms with E-state index in [1.165, 1.54) is 5.57 Å². The fourth-order valence-corrected chi connectivity index (χ4v) is 7.12. The van der Waals surface area contributed by atoms with E-state index in [4.69, 9.17) is 0 Å². The minimum atomic E-state index is -1.14. The predicted octanol–water partition coefficient (Wildman–Crippen LogP) is 3.63. The van der Waals surface area contributed by atoms with Crippen LogP contribution < -0.4 is 0 Å². The molecule has 7 atom stereocenters. The lowest BCUT2D eigenvalue weighted by molar-refractivity contribution is -0.185. The van der Waals surface area contributed by atoms with E-state index in [1.54, 1.807) is 0 Å². The van der Waals surface area contributed by atoms with Crippen molar-refractivity contribution in [2.24, 2.45) is 28.6 Å². The minimum absolute atomic E-state index is 0.0593. The molecule has 2 N–H and O–H groups in total. The number of aliphatic hydroxyl groups excluding tert-OH is 1. The number of carbonyl (C=O) groups is 1. The maximum Gasteiger partial charge on any atom is 0.165 e. The van der Waals surface area contributed by atoms with E-state index >= 15 is 0 Å². The number of rotatable bonds is 1. The lowest BCUT2D eigenvalue weighted by Crippen LogP contribution is -2.63. The third-order valence-electron chi connectivity index (χ3n) is 8.74. The van der Waals surface area contributed by atoms with Crippen LogP contribution >= 0.6 is 0 Å². The standard InChI is InChI=1S/C21H32O3/c1-4-13-12-18(23)21(24)17-6-5-14-11-15(22)7-9-19(14,2)16(17)8-10-20(13,21)3/h5,13,15-17,22,24H,4,6-12H2,1-3H3/t13-,15+,16+,17-,19+,20-,21-/m1/s1. The number of ketones is 1. The molecule has 3 fully saturated rings. The van der Waals surface area contributed by atoms with Gasteiger partial charge >= 0.3 is 0 Å². The van der Waals surface area contributed by atoms with Gasteiger partial charge < -0.3 is 10.2 Å². The van der Waals surface area contributed by atoms with Crippen molar-refractivity contribution in [1.82, 2.24) is 0 Å².